The van der Waals surface area contributed by atoms with Crippen LogP contribution in [0.1, 0.15) is 33.1 Å². The van der Waals surface area contributed by atoms with Crippen molar-refractivity contribution in [2.24, 2.45) is 0 Å². The molecule has 0 saturated carbocycles. The average molecular weight is 287 g/mol. The summed E-state index contributed by atoms with van der Waals surface area (Å²) < 4.78 is 0. The van der Waals surface area contributed by atoms with E-state index in [0.29, 0.717) is 11.0 Å². The van der Waals surface area contributed by atoms with Crippen LogP contribution in [0.5, 0.6) is 0 Å². The van der Waals surface area contributed by atoms with Gasteiger partial charge in [-0.3, -0.25) is 4.79 Å². The van der Waals surface area contributed by atoms with E-state index >= 15 is 0 Å². The van der Waals surface area contributed by atoms with Crippen molar-refractivity contribution >= 4 is 17.7 Å². The minimum absolute atomic E-state index is 0.197. The van der Waals surface area contributed by atoms with E-state index in [2.05, 4.69) is 29.4 Å². The van der Waals surface area contributed by atoms with Gasteiger partial charge in [-0.25, -0.2) is 0 Å². The highest BCUT2D eigenvalue weighted by atomic mass is 32.2. The van der Waals surface area contributed by atoms with E-state index < -0.39 is 0 Å². The van der Waals surface area contributed by atoms with E-state index in [4.69, 9.17) is 0 Å². The van der Waals surface area contributed by atoms with Gasteiger partial charge in [0.05, 0.1) is 5.75 Å². The van der Waals surface area contributed by atoms with Crippen LogP contribution in [-0.4, -0.2) is 61.1 Å². The van der Waals surface area contributed by atoms with Gasteiger partial charge in [0, 0.05) is 11.8 Å². The average Bonchev–Trinajstić information content (AvgIpc) is 2.46. The van der Waals surface area contributed by atoms with Crippen molar-refractivity contribution in [2.75, 3.05) is 45.0 Å². The van der Waals surface area contributed by atoms with Crippen LogP contribution in [-0.2, 0) is 4.79 Å². The van der Waals surface area contributed by atoms with Gasteiger partial charge < -0.3 is 15.5 Å². The number of carbonyl (C=O) groups excluding carboxylic acids is 1. The van der Waals surface area contributed by atoms with Gasteiger partial charge in [0.2, 0.25) is 5.91 Å². The lowest BCUT2D eigenvalue weighted by Crippen LogP contribution is -2.32. The molecule has 1 saturated heterocycles. The first-order valence-corrected chi connectivity index (χ1v) is 8.62. The summed E-state index contributed by atoms with van der Waals surface area (Å²) >= 11 is 1.82. The minimum Gasteiger partial charge on any atom is -0.355 e. The molecule has 1 rings (SSSR count). The van der Waals surface area contributed by atoms with Crippen LogP contribution in [0.25, 0.3) is 0 Å². The lowest BCUT2D eigenvalue weighted by Gasteiger charge is -2.21. The van der Waals surface area contributed by atoms with Gasteiger partial charge in [-0.05, 0) is 52.0 Å². The maximum atomic E-state index is 11.7. The number of nitrogens with zero attached hydrogens (tertiary/aromatic N) is 1. The molecule has 0 bridgehead atoms. The van der Waals surface area contributed by atoms with Gasteiger partial charge in [-0.1, -0.05) is 13.8 Å². The molecule has 0 spiro atoms. The number of piperidine rings is 1. The van der Waals surface area contributed by atoms with Crippen LogP contribution in [0, 0.1) is 0 Å². The SMILES string of the molecule is CCN(CC)CCCNC(=O)CSC1CCNCC1. The Bertz CT molecular complexity index is 241. The van der Waals surface area contributed by atoms with Crippen molar-refractivity contribution in [3.63, 3.8) is 0 Å². The fourth-order valence-corrected chi connectivity index (χ4v) is 3.34. The van der Waals surface area contributed by atoms with Crippen molar-refractivity contribution in [1.82, 2.24) is 15.5 Å². The van der Waals surface area contributed by atoms with Gasteiger partial charge in [0.15, 0.2) is 0 Å². The summed E-state index contributed by atoms with van der Waals surface area (Å²) in [4.78, 5) is 14.1. The predicted octanol–water partition coefficient (Wildman–Crippen LogP) is 1.32. The summed E-state index contributed by atoms with van der Waals surface area (Å²) in [6.45, 7) is 10.6. The van der Waals surface area contributed by atoms with Crippen LogP contribution in [0.4, 0.5) is 0 Å². The lowest BCUT2D eigenvalue weighted by molar-refractivity contribution is -0.118. The molecule has 1 aliphatic rings. The largest absolute Gasteiger partial charge is 0.355 e. The third kappa shape index (κ3) is 7.80. The summed E-state index contributed by atoms with van der Waals surface area (Å²) in [6, 6.07) is 0. The maximum absolute atomic E-state index is 11.7. The molecule has 0 radical (unpaired) electrons. The van der Waals surface area contributed by atoms with Crippen molar-refractivity contribution in [2.45, 2.75) is 38.4 Å². The molecule has 1 aliphatic heterocycles. The van der Waals surface area contributed by atoms with Crippen molar-refractivity contribution in [3.8, 4) is 0 Å². The quantitative estimate of drug-likeness (QED) is 0.628. The molecule has 5 heteroatoms. The highest BCUT2D eigenvalue weighted by molar-refractivity contribution is 8.00. The Morgan fingerprint density at radius 2 is 2.00 bits per heavy atom. The summed E-state index contributed by atoms with van der Waals surface area (Å²) in [6.07, 6.45) is 3.44. The summed E-state index contributed by atoms with van der Waals surface area (Å²) in [5.74, 6) is 0.818. The van der Waals surface area contributed by atoms with Gasteiger partial charge in [0.25, 0.3) is 0 Å². The third-order valence-electron chi connectivity index (χ3n) is 3.60. The van der Waals surface area contributed by atoms with Crippen LogP contribution in [0.15, 0.2) is 0 Å². The highest BCUT2D eigenvalue weighted by Crippen LogP contribution is 2.19. The van der Waals surface area contributed by atoms with Crippen LogP contribution < -0.4 is 10.6 Å². The summed E-state index contributed by atoms with van der Waals surface area (Å²) in [5.41, 5.74) is 0. The first kappa shape index (κ1) is 16.8. The second-order valence-electron chi connectivity index (χ2n) is 4.99. The first-order chi connectivity index (χ1) is 9.26. The number of nitrogens with one attached hydrogen (secondary N) is 2. The molecule has 0 atom stereocenters. The monoisotopic (exact) mass is 287 g/mol. The molecule has 4 nitrogen and oxygen atoms in total. The topological polar surface area (TPSA) is 44.4 Å². The van der Waals surface area contributed by atoms with Gasteiger partial charge >= 0.3 is 0 Å². The molecule has 0 unspecified atom stereocenters. The van der Waals surface area contributed by atoms with E-state index in [1.54, 1.807) is 0 Å². The molecule has 0 aromatic rings. The van der Waals surface area contributed by atoms with E-state index in [1.807, 2.05) is 11.8 Å². The second-order valence-corrected chi connectivity index (χ2v) is 6.28. The van der Waals surface area contributed by atoms with E-state index in [9.17, 15) is 4.79 Å². The Hall–Kier alpha value is -0.260. The molecule has 112 valence electrons. The standard InChI is InChI=1S/C14H29N3OS/c1-3-17(4-2)11-5-8-16-14(18)12-19-13-6-9-15-10-7-13/h13,15H,3-12H2,1-2H3,(H,16,18). The van der Waals surface area contributed by atoms with Crippen LogP contribution in [0.2, 0.25) is 0 Å². The number of thioether (sulfide) groups is 1. The second kappa shape index (κ2) is 10.5. The van der Waals surface area contributed by atoms with E-state index in [-0.39, 0.29) is 5.91 Å². The summed E-state index contributed by atoms with van der Waals surface area (Å²) in [5, 5.41) is 7.04. The third-order valence-corrected chi connectivity index (χ3v) is 4.98. The minimum atomic E-state index is 0.197. The Morgan fingerprint density at radius 3 is 2.63 bits per heavy atom. The lowest BCUT2D eigenvalue weighted by atomic mass is 10.2. The summed E-state index contributed by atoms with van der Waals surface area (Å²) in [7, 11) is 0. The smallest absolute Gasteiger partial charge is 0.230 e. The molecular weight excluding hydrogens is 258 g/mol. The Balaban J connectivity index is 1.98. The van der Waals surface area contributed by atoms with Gasteiger partial charge in [0.1, 0.15) is 0 Å². The zero-order valence-corrected chi connectivity index (χ0v) is 13.2. The van der Waals surface area contributed by atoms with Gasteiger partial charge in [-0.15, -0.1) is 11.8 Å². The molecule has 1 heterocycles. The molecule has 1 amide bonds. The van der Waals surface area contributed by atoms with Crippen molar-refractivity contribution in [3.05, 3.63) is 0 Å². The number of amides is 1. The van der Waals surface area contributed by atoms with Crippen LogP contribution in [0.3, 0.4) is 0 Å². The zero-order valence-electron chi connectivity index (χ0n) is 12.4. The Kier molecular flexibility index (Phi) is 9.30. The van der Waals surface area contributed by atoms with E-state index in [1.165, 1.54) is 12.8 Å². The number of carbonyl (C=O) groups is 1. The van der Waals surface area contributed by atoms with E-state index in [0.717, 1.165) is 45.7 Å². The van der Waals surface area contributed by atoms with Crippen molar-refractivity contribution < 1.29 is 4.79 Å². The highest BCUT2D eigenvalue weighted by Gasteiger charge is 2.14. The fraction of sp³-hybridized carbons (Fsp3) is 0.929. The van der Waals surface area contributed by atoms with Gasteiger partial charge in [-0.2, -0.15) is 0 Å². The number of rotatable bonds is 9. The van der Waals surface area contributed by atoms with Crippen LogP contribution >= 0.6 is 11.8 Å². The normalized spacial score (nSPS) is 16.8. The first-order valence-electron chi connectivity index (χ1n) is 7.57. The molecule has 19 heavy (non-hydrogen) atoms. The molecule has 1 fully saturated rings. The molecule has 0 aliphatic carbocycles. The van der Waals surface area contributed by atoms with Crippen molar-refractivity contribution in [1.29, 1.82) is 0 Å². The fourth-order valence-electron chi connectivity index (χ4n) is 2.28. The number of hydrogen-bond donors (Lipinski definition) is 2. The molecular formula is C14H29N3OS. The Labute approximate surface area is 122 Å². The predicted molar refractivity (Wildman–Crippen MR) is 83.8 cm³/mol. The molecule has 2 N–H and O–H groups in total. The molecule has 0 aromatic heterocycles. The number of hydrogen-bond acceptors (Lipinski definition) is 4. The Morgan fingerprint density at radius 1 is 1.32 bits per heavy atom. The molecule has 0 aromatic carbocycles. The zero-order chi connectivity index (χ0) is 13.9. The maximum Gasteiger partial charge on any atom is 0.230 e.